The number of ether oxygens (including phenoxy) is 2. The normalized spacial score (nSPS) is 16.5. The van der Waals surface area contributed by atoms with Crippen LogP contribution < -0.4 is 15.0 Å². The highest BCUT2D eigenvalue weighted by Gasteiger charge is 2.27. The number of halogens is 1. The Kier molecular flexibility index (Phi) is 6.96. The highest BCUT2D eigenvalue weighted by Crippen LogP contribution is 2.39. The summed E-state index contributed by atoms with van der Waals surface area (Å²) in [5, 5.41) is 10.5. The molecular formula is C21H25FN6O4S2. The fraction of sp³-hybridized carbons (Fsp3) is 0.381. The third kappa shape index (κ3) is 5.26. The summed E-state index contributed by atoms with van der Waals surface area (Å²) in [6, 6.07) is 5.61. The van der Waals surface area contributed by atoms with Crippen molar-refractivity contribution in [1.82, 2.24) is 20.2 Å². The number of aryl methyl sites for hydroxylation is 1. The van der Waals surface area contributed by atoms with Crippen LogP contribution in [0.25, 0.3) is 0 Å². The molecule has 0 bridgehead atoms. The van der Waals surface area contributed by atoms with E-state index in [-0.39, 0.29) is 21.0 Å². The molecule has 0 unspecified atom stereocenters. The Balaban J connectivity index is 1.77. The van der Waals surface area contributed by atoms with E-state index in [4.69, 9.17) is 9.47 Å². The van der Waals surface area contributed by atoms with Gasteiger partial charge < -0.3 is 19.7 Å². The molecule has 1 aromatic carbocycles. The number of rotatable bonds is 7. The lowest BCUT2D eigenvalue weighted by molar-refractivity contribution is 0.0981. The molecule has 10 nitrogen and oxygen atoms in total. The number of H-pyrrole nitrogens is 1. The van der Waals surface area contributed by atoms with Crippen LogP contribution in [-0.2, 0) is 14.6 Å². The van der Waals surface area contributed by atoms with E-state index in [1.54, 1.807) is 0 Å². The van der Waals surface area contributed by atoms with E-state index in [1.165, 1.54) is 19.2 Å². The Bertz CT molecular complexity index is 1300. The molecule has 4 rings (SSSR count). The Morgan fingerprint density at radius 3 is 2.74 bits per heavy atom. The smallest absolute Gasteiger partial charge is 0.204 e. The maximum absolute atomic E-state index is 14.8. The second-order valence-corrected chi connectivity index (χ2v) is 10.9. The van der Waals surface area contributed by atoms with Crippen LogP contribution in [0.3, 0.4) is 0 Å². The van der Waals surface area contributed by atoms with Crippen LogP contribution in [0.5, 0.6) is 5.75 Å². The average molecular weight is 509 g/mol. The number of nitrogens with zero attached hydrogens (tertiary/aromatic N) is 4. The fourth-order valence-corrected chi connectivity index (χ4v) is 4.86. The molecule has 2 N–H and O–H groups in total. The quantitative estimate of drug-likeness (QED) is 0.460. The van der Waals surface area contributed by atoms with Crippen LogP contribution >= 0.6 is 11.8 Å². The molecule has 0 radical (unpaired) electrons. The topological polar surface area (TPSA) is 122 Å². The zero-order valence-electron chi connectivity index (χ0n) is 19.1. The summed E-state index contributed by atoms with van der Waals surface area (Å²) in [6.07, 6.45) is 1.03. The first-order chi connectivity index (χ1) is 16.2. The molecule has 3 heterocycles. The molecule has 1 aliphatic rings. The minimum Gasteiger partial charge on any atom is -0.490 e. The third-order valence-corrected chi connectivity index (χ3v) is 7.18. The number of aromatic nitrogens is 4. The van der Waals surface area contributed by atoms with Gasteiger partial charge in [-0.15, -0.1) is 0 Å². The van der Waals surface area contributed by atoms with Crippen LogP contribution in [0.15, 0.2) is 39.2 Å². The van der Waals surface area contributed by atoms with Crippen molar-refractivity contribution >= 4 is 39.1 Å². The largest absolute Gasteiger partial charge is 0.490 e. The van der Waals surface area contributed by atoms with Crippen molar-refractivity contribution < 1.29 is 22.3 Å². The second kappa shape index (κ2) is 9.76. The Morgan fingerprint density at radius 2 is 2.12 bits per heavy atom. The Labute approximate surface area is 201 Å². The van der Waals surface area contributed by atoms with Crippen molar-refractivity contribution in [3.05, 3.63) is 35.8 Å². The van der Waals surface area contributed by atoms with Gasteiger partial charge in [-0.05, 0) is 43.8 Å². The molecule has 182 valence electrons. The zero-order valence-corrected chi connectivity index (χ0v) is 20.8. The van der Waals surface area contributed by atoms with Gasteiger partial charge in [0.15, 0.2) is 32.4 Å². The predicted octanol–water partition coefficient (Wildman–Crippen LogP) is 3.18. The second-order valence-electron chi connectivity index (χ2n) is 7.86. The maximum atomic E-state index is 14.8. The van der Waals surface area contributed by atoms with Gasteiger partial charge >= 0.3 is 0 Å². The third-order valence-electron chi connectivity index (χ3n) is 5.16. The van der Waals surface area contributed by atoms with E-state index in [1.807, 2.05) is 19.9 Å². The number of hydrogen-bond donors (Lipinski definition) is 2. The molecule has 0 aliphatic carbocycles. The zero-order chi connectivity index (χ0) is 24.5. The maximum Gasteiger partial charge on any atom is 0.204 e. The van der Waals surface area contributed by atoms with E-state index >= 15 is 0 Å². The van der Waals surface area contributed by atoms with E-state index in [0.717, 1.165) is 29.8 Å². The molecule has 1 atom stereocenters. The minimum atomic E-state index is -3.53. The van der Waals surface area contributed by atoms with Gasteiger partial charge in [-0.2, -0.15) is 5.10 Å². The first-order valence-corrected chi connectivity index (χ1v) is 13.1. The summed E-state index contributed by atoms with van der Waals surface area (Å²) in [6.45, 7) is 5.54. The molecular weight excluding hydrogens is 483 g/mol. The van der Waals surface area contributed by atoms with Gasteiger partial charge in [0.1, 0.15) is 5.82 Å². The minimum absolute atomic E-state index is 0.0293. The van der Waals surface area contributed by atoms with Crippen molar-refractivity contribution in [2.24, 2.45) is 0 Å². The summed E-state index contributed by atoms with van der Waals surface area (Å²) in [7, 11) is -1.99. The highest BCUT2D eigenvalue weighted by molar-refractivity contribution is 7.99. The van der Waals surface area contributed by atoms with Crippen molar-refractivity contribution in [1.29, 1.82) is 0 Å². The average Bonchev–Trinajstić information content (AvgIpc) is 3.19. The predicted molar refractivity (Wildman–Crippen MR) is 126 cm³/mol. The van der Waals surface area contributed by atoms with E-state index in [2.05, 4.69) is 30.4 Å². The summed E-state index contributed by atoms with van der Waals surface area (Å²) < 4.78 is 49.5. The first kappa shape index (κ1) is 24.2. The number of nitrogens with one attached hydrogen (secondary N) is 2. The van der Waals surface area contributed by atoms with Gasteiger partial charge in [0, 0.05) is 24.6 Å². The van der Waals surface area contributed by atoms with Gasteiger partial charge in [-0.25, -0.2) is 22.8 Å². The Hall–Kier alpha value is -2.90. The number of methoxy groups -OCH3 is 1. The number of morpholine rings is 1. The molecule has 1 saturated heterocycles. The monoisotopic (exact) mass is 508 g/mol. The number of aromatic amines is 1. The molecule has 0 spiro atoms. The summed E-state index contributed by atoms with van der Waals surface area (Å²) >= 11 is 0.988. The van der Waals surface area contributed by atoms with Gasteiger partial charge in [0.25, 0.3) is 0 Å². The van der Waals surface area contributed by atoms with Gasteiger partial charge in [-0.3, -0.25) is 5.10 Å². The molecule has 2 aromatic heterocycles. The van der Waals surface area contributed by atoms with Crippen LogP contribution in [0.4, 0.5) is 21.8 Å². The fourth-order valence-electron chi connectivity index (χ4n) is 3.47. The molecule has 34 heavy (non-hydrogen) atoms. The number of hydrogen-bond acceptors (Lipinski definition) is 10. The standard InChI is InChI=1S/C21H25FN6O4S2/c1-12-9-17(27-26-12)23-19-18(31-3)20(28-7-8-32-11-13(28)2)25-21(24-19)33-16-6-5-14(10-15(16)22)34(4,29)30/h5-6,9-10,13H,7-8,11H2,1-4H3,(H2,23,24,25,26,27)/t13-/m0/s1. The lowest BCUT2D eigenvalue weighted by Gasteiger charge is -2.35. The highest BCUT2D eigenvalue weighted by atomic mass is 32.2. The van der Waals surface area contributed by atoms with E-state index < -0.39 is 15.7 Å². The van der Waals surface area contributed by atoms with Gasteiger partial charge in [0.2, 0.25) is 5.75 Å². The SMILES string of the molecule is COc1c(Nc2cc(C)[nH]n2)nc(Sc2ccc(S(C)(=O)=O)cc2F)nc1N1CCOC[C@@H]1C. The van der Waals surface area contributed by atoms with Gasteiger partial charge in [-0.1, -0.05) is 0 Å². The molecule has 0 amide bonds. The lowest BCUT2D eigenvalue weighted by atomic mass is 10.2. The lowest BCUT2D eigenvalue weighted by Crippen LogP contribution is -2.44. The van der Waals surface area contributed by atoms with Crippen molar-refractivity contribution in [2.75, 3.05) is 43.3 Å². The molecule has 0 saturated carbocycles. The van der Waals surface area contributed by atoms with Crippen LogP contribution in [-0.4, -0.2) is 67.7 Å². The van der Waals surface area contributed by atoms with Crippen LogP contribution in [0, 0.1) is 12.7 Å². The summed E-state index contributed by atoms with van der Waals surface area (Å²) in [5.41, 5.74) is 0.861. The molecule has 1 aliphatic heterocycles. The van der Waals surface area contributed by atoms with Crippen LogP contribution in [0.2, 0.25) is 0 Å². The van der Waals surface area contributed by atoms with Crippen molar-refractivity contribution in [3.8, 4) is 5.75 Å². The summed E-state index contributed by atoms with van der Waals surface area (Å²) in [4.78, 5) is 11.4. The molecule has 13 heteroatoms. The van der Waals surface area contributed by atoms with Gasteiger partial charge in [0.05, 0.1) is 36.2 Å². The van der Waals surface area contributed by atoms with Crippen LogP contribution in [0.1, 0.15) is 12.6 Å². The molecule has 1 fully saturated rings. The first-order valence-electron chi connectivity index (χ1n) is 10.4. The molecule has 3 aromatic rings. The van der Waals surface area contributed by atoms with E-state index in [9.17, 15) is 12.8 Å². The van der Waals surface area contributed by atoms with E-state index in [0.29, 0.717) is 43.0 Å². The van der Waals surface area contributed by atoms with Crippen molar-refractivity contribution in [3.63, 3.8) is 0 Å². The summed E-state index contributed by atoms with van der Waals surface area (Å²) in [5.74, 6) is 1.19. The van der Waals surface area contributed by atoms with Crippen molar-refractivity contribution in [2.45, 2.75) is 34.8 Å². The number of benzene rings is 1. The Morgan fingerprint density at radius 1 is 1.32 bits per heavy atom. The number of anilines is 3. The number of sulfone groups is 1.